The number of hydrogen-bond acceptors (Lipinski definition) is 3. The molecule has 4 heteroatoms. The minimum atomic E-state index is 0.0672. The fraction of sp³-hybridized carbons (Fsp3) is 0.400. The van der Waals surface area contributed by atoms with Crippen molar-refractivity contribution in [3.8, 4) is 0 Å². The Morgan fingerprint density at radius 1 is 1.21 bits per heavy atom. The Morgan fingerprint density at radius 3 is 2.62 bits per heavy atom. The summed E-state index contributed by atoms with van der Waals surface area (Å²) in [5.41, 5.74) is 4.37. The third-order valence-electron chi connectivity index (χ3n) is 4.20. The van der Waals surface area contributed by atoms with E-state index in [1.165, 1.54) is 11.3 Å². The summed E-state index contributed by atoms with van der Waals surface area (Å²) in [7, 11) is 0. The fourth-order valence-corrected chi connectivity index (χ4v) is 2.79. The molecule has 0 fully saturated rings. The number of rotatable bonds is 8. The lowest BCUT2D eigenvalue weighted by Gasteiger charge is -2.22. The smallest absolute Gasteiger partial charge is 0.224 e. The average Bonchev–Trinajstić information content (AvgIpc) is 2.59. The molecule has 0 saturated heterocycles. The number of hydrogen-bond donors (Lipinski definition) is 1. The molecule has 0 aliphatic heterocycles. The molecule has 2 rings (SSSR count). The maximum absolute atomic E-state index is 12.1. The summed E-state index contributed by atoms with van der Waals surface area (Å²) in [5, 5.41) is 3.03. The van der Waals surface area contributed by atoms with E-state index in [1.54, 1.807) is 6.20 Å². The third kappa shape index (κ3) is 5.08. The predicted molar refractivity (Wildman–Crippen MR) is 101 cm³/mol. The number of amides is 1. The average molecular weight is 325 g/mol. The molecular weight excluding hydrogens is 298 g/mol. The molecule has 4 nitrogen and oxygen atoms in total. The Balaban J connectivity index is 1.87. The molecule has 0 unspecified atom stereocenters. The lowest BCUT2D eigenvalue weighted by molar-refractivity contribution is -0.116. The minimum Gasteiger partial charge on any atom is -0.372 e. The molecule has 1 aromatic heterocycles. The van der Waals surface area contributed by atoms with Crippen LogP contribution in [0.4, 0.5) is 11.4 Å². The zero-order chi connectivity index (χ0) is 17.4. The number of pyridine rings is 1. The number of carbonyl (C=O) groups is 1. The first-order chi connectivity index (χ1) is 11.6. The molecule has 0 aliphatic rings. The minimum absolute atomic E-state index is 0.0672. The number of aromatic nitrogens is 1. The first kappa shape index (κ1) is 18.0. The van der Waals surface area contributed by atoms with E-state index in [0.29, 0.717) is 6.42 Å². The highest BCUT2D eigenvalue weighted by Crippen LogP contribution is 2.23. The Bertz CT molecular complexity index is 651. The van der Waals surface area contributed by atoms with Gasteiger partial charge in [0.2, 0.25) is 5.91 Å². The van der Waals surface area contributed by atoms with Gasteiger partial charge in [-0.25, -0.2) is 0 Å². The van der Waals surface area contributed by atoms with E-state index in [2.05, 4.69) is 41.2 Å². The van der Waals surface area contributed by atoms with E-state index in [0.717, 1.165) is 37.2 Å². The van der Waals surface area contributed by atoms with E-state index in [-0.39, 0.29) is 5.91 Å². The van der Waals surface area contributed by atoms with Gasteiger partial charge in [0.15, 0.2) is 0 Å². The normalized spacial score (nSPS) is 10.5. The Kier molecular flexibility index (Phi) is 6.79. The van der Waals surface area contributed by atoms with Crippen molar-refractivity contribution in [3.63, 3.8) is 0 Å². The van der Waals surface area contributed by atoms with Crippen LogP contribution in [0.2, 0.25) is 0 Å². The molecule has 0 saturated carbocycles. The van der Waals surface area contributed by atoms with Crippen molar-refractivity contribution in [1.82, 2.24) is 4.98 Å². The molecule has 128 valence electrons. The van der Waals surface area contributed by atoms with E-state index >= 15 is 0 Å². The zero-order valence-corrected chi connectivity index (χ0v) is 14.9. The molecule has 2 aromatic rings. The number of anilines is 2. The summed E-state index contributed by atoms with van der Waals surface area (Å²) < 4.78 is 0. The standard InChI is InChI=1S/C20H27N3O/c1-4-23(5-2)18-11-12-19(16(3)14-18)22-20(24)10-6-8-17-9-7-13-21-15-17/h7,9,11-15H,4-6,8,10H2,1-3H3,(H,22,24). The maximum atomic E-state index is 12.1. The van der Waals surface area contributed by atoms with Crippen LogP contribution in [0.5, 0.6) is 0 Å². The highest BCUT2D eigenvalue weighted by molar-refractivity contribution is 5.91. The van der Waals surface area contributed by atoms with Crippen LogP contribution in [0, 0.1) is 6.92 Å². The number of nitrogens with one attached hydrogen (secondary N) is 1. The quantitative estimate of drug-likeness (QED) is 0.791. The van der Waals surface area contributed by atoms with E-state index in [9.17, 15) is 4.79 Å². The Hall–Kier alpha value is -2.36. The van der Waals surface area contributed by atoms with Gasteiger partial charge in [-0.2, -0.15) is 0 Å². The van der Waals surface area contributed by atoms with Crippen LogP contribution < -0.4 is 10.2 Å². The van der Waals surface area contributed by atoms with Gasteiger partial charge in [0.05, 0.1) is 0 Å². The highest BCUT2D eigenvalue weighted by Gasteiger charge is 2.08. The third-order valence-corrected chi connectivity index (χ3v) is 4.20. The summed E-state index contributed by atoms with van der Waals surface area (Å²) >= 11 is 0. The van der Waals surface area contributed by atoms with Crippen LogP contribution in [0.3, 0.4) is 0 Å². The van der Waals surface area contributed by atoms with Crippen molar-refractivity contribution in [2.45, 2.75) is 40.0 Å². The van der Waals surface area contributed by atoms with Gasteiger partial charge in [0, 0.05) is 43.3 Å². The van der Waals surface area contributed by atoms with Gasteiger partial charge in [-0.3, -0.25) is 9.78 Å². The molecule has 0 bridgehead atoms. The second-order valence-corrected chi connectivity index (χ2v) is 5.93. The second-order valence-electron chi connectivity index (χ2n) is 5.93. The topological polar surface area (TPSA) is 45.2 Å². The molecule has 24 heavy (non-hydrogen) atoms. The fourth-order valence-electron chi connectivity index (χ4n) is 2.79. The first-order valence-corrected chi connectivity index (χ1v) is 8.68. The van der Waals surface area contributed by atoms with Crippen LogP contribution in [-0.2, 0) is 11.2 Å². The maximum Gasteiger partial charge on any atom is 0.224 e. The van der Waals surface area contributed by atoms with Gasteiger partial charge in [0.1, 0.15) is 0 Å². The summed E-state index contributed by atoms with van der Waals surface area (Å²) in [5.74, 6) is 0.0672. The van der Waals surface area contributed by atoms with Crippen LogP contribution >= 0.6 is 0 Å². The molecule has 0 atom stereocenters. The van der Waals surface area contributed by atoms with Gasteiger partial charge in [0.25, 0.3) is 0 Å². The SMILES string of the molecule is CCN(CC)c1ccc(NC(=O)CCCc2cccnc2)c(C)c1. The summed E-state index contributed by atoms with van der Waals surface area (Å²) in [6, 6.07) is 10.2. The van der Waals surface area contributed by atoms with E-state index < -0.39 is 0 Å². The van der Waals surface area contributed by atoms with Crippen LogP contribution in [0.25, 0.3) is 0 Å². The van der Waals surface area contributed by atoms with Gasteiger partial charge in [-0.15, -0.1) is 0 Å². The molecule has 1 amide bonds. The molecule has 1 N–H and O–H groups in total. The number of nitrogens with zero attached hydrogens (tertiary/aromatic N) is 2. The van der Waals surface area contributed by atoms with Gasteiger partial charge in [-0.1, -0.05) is 6.07 Å². The van der Waals surface area contributed by atoms with Crippen molar-refractivity contribution in [2.24, 2.45) is 0 Å². The number of aryl methyl sites for hydroxylation is 2. The number of benzene rings is 1. The van der Waals surface area contributed by atoms with E-state index in [4.69, 9.17) is 0 Å². The predicted octanol–water partition coefficient (Wildman–Crippen LogP) is 4.20. The van der Waals surface area contributed by atoms with E-state index in [1.807, 2.05) is 31.3 Å². The molecular formula is C20H27N3O. The van der Waals surface area contributed by atoms with Gasteiger partial charge in [-0.05, 0) is 69.0 Å². The van der Waals surface area contributed by atoms with Crippen molar-refractivity contribution in [2.75, 3.05) is 23.3 Å². The molecule has 1 aromatic carbocycles. The van der Waals surface area contributed by atoms with Gasteiger partial charge < -0.3 is 10.2 Å². The highest BCUT2D eigenvalue weighted by atomic mass is 16.1. The second kappa shape index (κ2) is 9.06. The van der Waals surface area contributed by atoms with Crippen molar-refractivity contribution in [3.05, 3.63) is 53.9 Å². The lowest BCUT2D eigenvalue weighted by Crippen LogP contribution is -2.22. The largest absolute Gasteiger partial charge is 0.372 e. The lowest BCUT2D eigenvalue weighted by atomic mass is 10.1. The number of carbonyl (C=O) groups excluding carboxylic acids is 1. The zero-order valence-electron chi connectivity index (χ0n) is 14.9. The summed E-state index contributed by atoms with van der Waals surface area (Å²) in [4.78, 5) is 18.5. The van der Waals surface area contributed by atoms with Crippen molar-refractivity contribution >= 4 is 17.3 Å². The van der Waals surface area contributed by atoms with Crippen LogP contribution in [-0.4, -0.2) is 24.0 Å². The first-order valence-electron chi connectivity index (χ1n) is 8.68. The van der Waals surface area contributed by atoms with Gasteiger partial charge >= 0.3 is 0 Å². The summed E-state index contributed by atoms with van der Waals surface area (Å²) in [6.07, 6.45) is 5.84. The monoisotopic (exact) mass is 325 g/mol. The Morgan fingerprint density at radius 2 is 2.00 bits per heavy atom. The Labute approximate surface area is 144 Å². The van der Waals surface area contributed by atoms with Crippen molar-refractivity contribution in [1.29, 1.82) is 0 Å². The summed E-state index contributed by atoms with van der Waals surface area (Å²) in [6.45, 7) is 8.30. The van der Waals surface area contributed by atoms with Crippen LogP contribution in [0.1, 0.15) is 37.8 Å². The molecule has 1 heterocycles. The molecule has 0 spiro atoms. The van der Waals surface area contributed by atoms with Crippen LogP contribution in [0.15, 0.2) is 42.7 Å². The molecule has 0 radical (unpaired) electrons. The molecule has 0 aliphatic carbocycles. The van der Waals surface area contributed by atoms with Crippen molar-refractivity contribution < 1.29 is 4.79 Å².